The van der Waals surface area contributed by atoms with E-state index in [1.165, 1.54) is 4.88 Å². The van der Waals surface area contributed by atoms with Crippen molar-refractivity contribution in [1.29, 1.82) is 0 Å². The first-order valence-electron chi connectivity index (χ1n) is 8.13. The van der Waals surface area contributed by atoms with Crippen LogP contribution in [0.15, 0.2) is 11.2 Å². The second-order valence-corrected chi connectivity index (χ2v) is 6.92. The summed E-state index contributed by atoms with van der Waals surface area (Å²) < 4.78 is 5.58. The van der Waals surface area contributed by atoms with Crippen molar-refractivity contribution in [2.45, 2.75) is 40.5 Å². The van der Waals surface area contributed by atoms with Gasteiger partial charge in [0, 0.05) is 37.2 Å². The molecule has 0 bridgehead atoms. The van der Waals surface area contributed by atoms with Crippen LogP contribution < -0.4 is 10.6 Å². The highest BCUT2D eigenvalue weighted by Gasteiger charge is 2.01. The Kier molecular flexibility index (Phi) is 9.82. The van der Waals surface area contributed by atoms with Gasteiger partial charge in [-0.25, -0.2) is 4.98 Å². The van der Waals surface area contributed by atoms with Crippen LogP contribution >= 0.6 is 11.3 Å². The van der Waals surface area contributed by atoms with Gasteiger partial charge in [0.1, 0.15) is 0 Å². The molecule has 0 aromatic carbocycles. The SMILES string of the molecule is CCNC(=NCCOCCC(C)C)NCCc1ncc(C)s1. The number of nitrogens with zero attached hydrogens (tertiary/aromatic N) is 2. The van der Waals surface area contributed by atoms with Crippen molar-refractivity contribution < 1.29 is 4.74 Å². The highest BCUT2D eigenvalue weighted by molar-refractivity contribution is 7.11. The minimum absolute atomic E-state index is 0.676. The van der Waals surface area contributed by atoms with E-state index in [0.717, 1.165) is 43.5 Å². The topological polar surface area (TPSA) is 58.5 Å². The molecule has 126 valence electrons. The van der Waals surface area contributed by atoms with Crippen LogP contribution in [0, 0.1) is 12.8 Å². The van der Waals surface area contributed by atoms with Gasteiger partial charge in [-0.05, 0) is 26.2 Å². The molecule has 2 N–H and O–H groups in total. The lowest BCUT2D eigenvalue weighted by Crippen LogP contribution is -2.38. The first-order chi connectivity index (χ1) is 10.6. The molecule has 0 fully saturated rings. The number of guanidine groups is 1. The van der Waals surface area contributed by atoms with Gasteiger partial charge in [0.15, 0.2) is 5.96 Å². The lowest BCUT2D eigenvalue weighted by molar-refractivity contribution is 0.130. The summed E-state index contributed by atoms with van der Waals surface area (Å²) in [5.41, 5.74) is 0. The fourth-order valence-electron chi connectivity index (χ4n) is 1.79. The summed E-state index contributed by atoms with van der Waals surface area (Å²) in [7, 11) is 0. The van der Waals surface area contributed by atoms with Gasteiger partial charge in [-0.2, -0.15) is 0 Å². The predicted molar refractivity (Wildman–Crippen MR) is 94.8 cm³/mol. The number of thiazole rings is 1. The van der Waals surface area contributed by atoms with Crippen molar-refractivity contribution in [2.24, 2.45) is 10.9 Å². The van der Waals surface area contributed by atoms with E-state index in [2.05, 4.69) is 48.3 Å². The predicted octanol–water partition coefficient (Wildman–Crippen LogP) is 2.61. The third kappa shape index (κ3) is 9.00. The van der Waals surface area contributed by atoms with Gasteiger partial charge >= 0.3 is 0 Å². The first-order valence-corrected chi connectivity index (χ1v) is 8.94. The van der Waals surface area contributed by atoms with Crippen LogP contribution in [-0.4, -0.2) is 43.8 Å². The zero-order valence-electron chi connectivity index (χ0n) is 14.3. The van der Waals surface area contributed by atoms with E-state index in [1.54, 1.807) is 11.3 Å². The summed E-state index contributed by atoms with van der Waals surface area (Å²) in [5, 5.41) is 7.75. The van der Waals surface area contributed by atoms with Gasteiger partial charge in [-0.15, -0.1) is 11.3 Å². The van der Waals surface area contributed by atoms with Crippen LogP contribution in [-0.2, 0) is 11.2 Å². The Balaban J connectivity index is 2.20. The highest BCUT2D eigenvalue weighted by atomic mass is 32.1. The molecule has 22 heavy (non-hydrogen) atoms. The van der Waals surface area contributed by atoms with Crippen LogP contribution in [0.3, 0.4) is 0 Å². The molecule has 1 aromatic rings. The van der Waals surface area contributed by atoms with Crippen LogP contribution in [0.2, 0.25) is 0 Å². The Labute approximate surface area is 138 Å². The van der Waals surface area contributed by atoms with Gasteiger partial charge in [0.05, 0.1) is 18.2 Å². The van der Waals surface area contributed by atoms with Gasteiger partial charge in [0.25, 0.3) is 0 Å². The number of aliphatic imine (C=N–C) groups is 1. The Morgan fingerprint density at radius 2 is 2.18 bits per heavy atom. The highest BCUT2D eigenvalue weighted by Crippen LogP contribution is 2.10. The van der Waals surface area contributed by atoms with E-state index in [4.69, 9.17) is 4.74 Å². The van der Waals surface area contributed by atoms with Gasteiger partial charge in [-0.3, -0.25) is 4.99 Å². The van der Waals surface area contributed by atoms with E-state index in [9.17, 15) is 0 Å². The maximum absolute atomic E-state index is 5.58. The molecule has 0 radical (unpaired) electrons. The van der Waals surface area contributed by atoms with Crippen molar-refractivity contribution in [3.63, 3.8) is 0 Å². The monoisotopic (exact) mass is 326 g/mol. The molecule has 0 atom stereocenters. The molecule has 0 spiro atoms. The lowest BCUT2D eigenvalue weighted by Gasteiger charge is -2.11. The molecule has 0 aliphatic carbocycles. The third-order valence-electron chi connectivity index (χ3n) is 2.99. The fourth-order valence-corrected chi connectivity index (χ4v) is 2.58. The largest absolute Gasteiger partial charge is 0.380 e. The molecule has 0 saturated carbocycles. The van der Waals surface area contributed by atoms with Crippen LogP contribution in [0.5, 0.6) is 0 Å². The molecule has 1 heterocycles. The Morgan fingerprint density at radius 1 is 1.36 bits per heavy atom. The summed E-state index contributed by atoms with van der Waals surface area (Å²) in [5.74, 6) is 1.54. The average Bonchev–Trinajstić information content (AvgIpc) is 2.88. The van der Waals surface area contributed by atoms with E-state index < -0.39 is 0 Å². The van der Waals surface area contributed by atoms with Gasteiger partial charge < -0.3 is 15.4 Å². The number of ether oxygens (including phenoxy) is 1. The second kappa shape index (κ2) is 11.4. The van der Waals surface area contributed by atoms with Gasteiger partial charge in [0.2, 0.25) is 0 Å². The summed E-state index contributed by atoms with van der Waals surface area (Å²) in [6, 6.07) is 0. The van der Waals surface area contributed by atoms with Crippen LogP contribution in [0.1, 0.15) is 37.1 Å². The standard InChI is InChI=1S/C16H30N4OS/c1-5-17-16(19-9-11-21-10-7-13(2)3)18-8-6-15-20-12-14(4)22-15/h12-13H,5-11H2,1-4H3,(H2,17,18,19). The number of aryl methyl sites for hydroxylation is 1. The maximum atomic E-state index is 5.58. The minimum atomic E-state index is 0.676. The molecule has 6 heteroatoms. The van der Waals surface area contributed by atoms with Crippen molar-refractivity contribution in [3.05, 3.63) is 16.1 Å². The fraction of sp³-hybridized carbons (Fsp3) is 0.750. The lowest BCUT2D eigenvalue weighted by atomic mass is 10.1. The molecule has 0 unspecified atom stereocenters. The molecular weight excluding hydrogens is 296 g/mol. The zero-order valence-corrected chi connectivity index (χ0v) is 15.1. The summed E-state index contributed by atoms with van der Waals surface area (Å²) in [6.07, 6.45) is 3.96. The molecule has 0 saturated heterocycles. The average molecular weight is 327 g/mol. The van der Waals surface area contributed by atoms with Gasteiger partial charge in [-0.1, -0.05) is 13.8 Å². The number of hydrogen-bond donors (Lipinski definition) is 2. The number of aromatic nitrogens is 1. The summed E-state index contributed by atoms with van der Waals surface area (Å²) in [4.78, 5) is 10.1. The van der Waals surface area contributed by atoms with E-state index in [-0.39, 0.29) is 0 Å². The smallest absolute Gasteiger partial charge is 0.191 e. The normalized spacial score (nSPS) is 12.0. The summed E-state index contributed by atoms with van der Waals surface area (Å²) >= 11 is 1.75. The molecule has 5 nitrogen and oxygen atoms in total. The van der Waals surface area contributed by atoms with Crippen molar-refractivity contribution >= 4 is 17.3 Å². The summed E-state index contributed by atoms with van der Waals surface area (Å²) in [6.45, 7) is 12.4. The van der Waals surface area contributed by atoms with Crippen molar-refractivity contribution in [3.8, 4) is 0 Å². The van der Waals surface area contributed by atoms with E-state index in [1.807, 2.05) is 6.20 Å². The number of nitrogens with one attached hydrogen (secondary N) is 2. The Morgan fingerprint density at radius 3 is 2.82 bits per heavy atom. The number of rotatable bonds is 10. The molecular formula is C16H30N4OS. The van der Waals surface area contributed by atoms with E-state index in [0.29, 0.717) is 19.1 Å². The van der Waals surface area contributed by atoms with Crippen molar-refractivity contribution in [2.75, 3.05) is 32.8 Å². The van der Waals surface area contributed by atoms with Crippen molar-refractivity contribution in [1.82, 2.24) is 15.6 Å². The number of hydrogen-bond acceptors (Lipinski definition) is 4. The maximum Gasteiger partial charge on any atom is 0.191 e. The van der Waals surface area contributed by atoms with Crippen LogP contribution in [0.4, 0.5) is 0 Å². The second-order valence-electron chi connectivity index (χ2n) is 5.60. The van der Waals surface area contributed by atoms with E-state index >= 15 is 0 Å². The Bertz CT molecular complexity index is 432. The molecule has 1 rings (SSSR count). The third-order valence-corrected chi connectivity index (χ3v) is 3.96. The molecule has 1 aromatic heterocycles. The quantitative estimate of drug-likeness (QED) is 0.394. The minimum Gasteiger partial charge on any atom is -0.380 e. The Hall–Kier alpha value is -1.14. The molecule has 0 aliphatic heterocycles. The first kappa shape index (κ1) is 18.9. The molecule has 0 aliphatic rings. The zero-order chi connectivity index (χ0) is 16.2. The van der Waals surface area contributed by atoms with Crippen LogP contribution in [0.25, 0.3) is 0 Å². The molecule has 0 amide bonds.